The Kier molecular flexibility index (Phi) is 7.27. The van der Waals surface area contributed by atoms with Gasteiger partial charge in [-0.1, -0.05) is 0 Å². The van der Waals surface area contributed by atoms with E-state index in [1.54, 1.807) is 0 Å². The fraction of sp³-hybridized carbons (Fsp3) is 0. The van der Waals surface area contributed by atoms with Gasteiger partial charge in [-0.15, -0.1) is 0 Å². The van der Waals surface area contributed by atoms with Crippen molar-refractivity contribution in [3.05, 3.63) is 52.6 Å². The Morgan fingerprint density at radius 3 is 1.81 bits per heavy atom. The van der Waals surface area contributed by atoms with Crippen molar-refractivity contribution in [3.63, 3.8) is 0 Å². The first kappa shape index (κ1) is 24.4. The fourth-order valence-electron chi connectivity index (χ4n) is 2.61. The number of nitrogens with two attached hydrogens (primary N) is 1. The predicted molar refractivity (Wildman–Crippen MR) is 83.8 cm³/mol. The van der Waals surface area contributed by atoms with Crippen LogP contribution in [-0.4, -0.2) is 37.5 Å². The van der Waals surface area contributed by atoms with Gasteiger partial charge in [0.1, 0.15) is 4.90 Å². The average Bonchev–Trinajstić information content (AvgIpc) is 2.49. The molecule has 0 bridgehead atoms. The van der Waals surface area contributed by atoms with Crippen LogP contribution in [0.4, 0.5) is 5.69 Å². The van der Waals surface area contributed by atoms with Gasteiger partial charge in [0.25, 0.3) is 20.2 Å². The van der Waals surface area contributed by atoms with E-state index in [0.717, 1.165) is 30.3 Å². The van der Waals surface area contributed by atoms with E-state index < -0.39 is 52.8 Å². The quantitative estimate of drug-likeness (QED) is 0.204. The van der Waals surface area contributed by atoms with Crippen LogP contribution in [0.3, 0.4) is 0 Å². The molecule has 0 atom stereocenters. The van der Waals surface area contributed by atoms with E-state index in [4.69, 9.17) is 14.8 Å². The second-order valence-corrected chi connectivity index (χ2v) is 8.03. The Bertz CT molecular complexity index is 1190. The van der Waals surface area contributed by atoms with Crippen LogP contribution in [0.2, 0.25) is 0 Å². The van der Waals surface area contributed by atoms with Crippen LogP contribution in [0.25, 0.3) is 0 Å². The summed E-state index contributed by atoms with van der Waals surface area (Å²) in [6, 6.07) is 4.65. The molecule has 13 heteroatoms. The van der Waals surface area contributed by atoms with Crippen LogP contribution in [0.5, 0.6) is 0 Å². The van der Waals surface area contributed by atoms with Gasteiger partial charge in [0.05, 0.1) is 16.1 Å². The molecule has 0 radical (unpaired) electrons. The maximum Gasteiger partial charge on any atom is 1.00 e. The van der Waals surface area contributed by atoms with Gasteiger partial charge in [0.15, 0.2) is 11.6 Å². The van der Waals surface area contributed by atoms with Gasteiger partial charge in [0, 0.05) is 16.7 Å². The minimum absolute atomic E-state index is 0. The van der Waals surface area contributed by atoms with E-state index in [1.165, 1.54) is 0 Å². The van der Waals surface area contributed by atoms with E-state index in [9.17, 15) is 26.4 Å². The van der Waals surface area contributed by atoms with Crippen molar-refractivity contribution in [2.24, 2.45) is 0 Å². The summed E-state index contributed by atoms with van der Waals surface area (Å²) in [5.41, 5.74) is 3.96. The number of ketones is 2. The summed E-state index contributed by atoms with van der Waals surface area (Å²) in [6.45, 7) is 0. The maximum absolute atomic E-state index is 12.6. The zero-order valence-corrected chi connectivity index (χ0v) is 19.8. The first-order chi connectivity index (χ1) is 11.4. The molecule has 2 aromatic rings. The standard InChI is InChI=1S/C14H9NO8S2.2Na/c15-12-10(25(21,22)23)4-3-8-11(12)14(17)7-2-1-6(24(18,19)20)5-9(7)13(8)16;;/h1-5H,15H2,(H,18,19,20)(H,21,22,23);;/q;2*+1. The first-order valence-electron chi connectivity index (χ1n) is 6.54. The maximum atomic E-state index is 12.6. The number of carbonyl (C=O) groups is 2. The summed E-state index contributed by atoms with van der Waals surface area (Å²) >= 11 is 0. The molecule has 0 aromatic heterocycles. The minimum Gasteiger partial charge on any atom is -0.397 e. The summed E-state index contributed by atoms with van der Waals surface area (Å²) in [5, 5.41) is 0. The van der Waals surface area contributed by atoms with Gasteiger partial charge in [0.2, 0.25) is 0 Å². The number of hydrogen-bond acceptors (Lipinski definition) is 7. The molecule has 0 spiro atoms. The molecule has 3 rings (SSSR count). The summed E-state index contributed by atoms with van der Waals surface area (Å²) < 4.78 is 63.3. The number of nitrogen functional groups attached to an aromatic ring is 1. The first-order valence-corrected chi connectivity index (χ1v) is 9.42. The number of hydrogen-bond donors (Lipinski definition) is 3. The van der Waals surface area contributed by atoms with Crippen LogP contribution in [0.15, 0.2) is 40.1 Å². The Hall–Kier alpha value is -0.600. The summed E-state index contributed by atoms with van der Waals surface area (Å²) in [5.74, 6) is -1.59. The summed E-state index contributed by atoms with van der Waals surface area (Å²) in [6.07, 6.45) is 0. The molecule has 0 saturated carbocycles. The summed E-state index contributed by atoms with van der Waals surface area (Å²) in [4.78, 5) is 23.9. The number of fused-ring (bicyclic) bond motifs is 2. The Balaban J connectivity index is 0.00000182. The largest absolute Gasteiger partial charge is 1.00 e. The van der Waals surface area contributed by atoms with Crippen molar-refractivity contribution in [1.82, 2.24) is 0 Å². The second-order valence-electron chi connectivity index (χ2n) is 5.22. The van der Waals surface area contributed by atoms with E-state index in [-0.39, 0.29) is 75.8 Å². The van der Waals surface area contributed by atoms with E-state index in [0.29, 0.717) is 0 Å². The van der Waals surface area contributed by atoms with E-state index >= 15 is 0 Å². The molecule has 9 nitrogen and oxygen atoms in total. The molecule has 0 heterocycles. The van der Waals surface area contributed by atoms with Crippen LogP contribution in [0, 0.1) is 0 Å². The van der Waals surface area contributed by atoms with Gasteiger partial charge in [-0.05, 0) is 30.3 Å². The molecule has 1 aliphatic rings. The summed E-state index contributed by atoms with van der Waals surface area (Å²) in [7, 11) is -9.30. The minimum atomic E-state index is -4.71. The Labute approximate surface area is 198 Å². The monoisotopic (exact) mass is 429 g/mol. The fourth-order valence-corrected chi connectivity index (χ4v) is 3.74. The Morgan fingerprint density at radius 2 is 1.30 bits per heavy atom. The molecule has 0 amide bonds. The molecule has 1 aliphatic carbocycles. The average molecular weight is 429 g/mol. The van der Waals surface area contributed by atoms with Gasteiger partial charge in [-0.25, -0.2) is 0 Å². The van der Waals surface area contributed by atoms with Crippen molar-refractivity contribution in [1.29, 1.82) is 0 Å². The van der Waals surface area contributed by atoms with Gasteiger partial charge < -0.3 is 5.73 Å². The normalized spacial score (nSPS) is 13.1. The molecule has 2 aromatic carbocycles. The van der Waals surface area contributed by atoms with Gasteiger partial charge in [-0.2, -0.15) is 16.8 Å². The van der Waals surface area contributed by atoms with Crippen LogP contribution in [-0.2, 0) is 20.2 Å². The smallest absolute Gasteiger partial charge is 0.397 e. The van der Waals surface area contributed by atoms with E-state index in [1.807, 2.05) is 0 Å². The third-order valence-electron chi connectivity index (χ3n) is 3.73. The molecule has 27 heavy (non-hydrogen) atoms. The zero-order valence-electron chi connectivity index (χ0n) is 14.1. The zero-order chi connectivity index (χ0) is 18.7. The second kappa shape index (κ2) is 8.03. The number of carbonyl (C=O) groups excluding carboxylic acids is 2. The van der Waals surface area contributed by atoms with Crippen molar-refractivity contribution in [3.8, 4) is 0 Å². The van der Waals surface area contributed by atoms with Crippen molar-refractivity contribution in [2.75, 3.05) is 5.73 Å². The van der Waals surface area contributed by atoms with Crippen molar-refractivity contribution < 1.29 is 94.6 Å². The third-order valence-corrected chi connectivity index (χ3v) is 5.49. The number of benzene rings is 2. The molecule has 0 fully saturated rings. The Morgan fingerprint density at radius 1 is 0.741 bits per heavy atom. The van der Waals surface area contributed by atoms with Gasteiger partial charge >= 0.3 is 59.1 Å². The SMILES string of the molecule is Nc1c(S(=O)(=O)O)ccc2c1C(=O)c1ccc(S(=O)(=O)O)cc1C2=O.[Na+].[Na+]. The predicted octanol–water partition coefficient (Wildman–Crippen LogP) is -5.45. The third kappa shape index (κ3) is 4.22. The molecule has 130 valence electrons. The van der Waals surface area contributed by atoms with Crippen molar-refractivity contribution in [2.45, 2.75) is 9.79 Å². The van der Waals surface area contributed by atoms with Crippen LogP contribution in [0.1, 0.15) is 31.8 Å². The van der Waals surface area contributed by atoms with Gasteiger partial charge in [-0.3, -0.25) is 18.7 Å². The topological polar surface area (TPSA) is 169 Å². The molecular weight excluding hydrogens is 420 g/mol. The number of rotatable bonds is 2. The molecule has 0 aliphatic heterocycles. The molecular formula is C14H9NNa2O8S2+2. The van der Waals surface area contributed by atoms with Crippen LogP contribution >= 0.6 is 0 Å². The molecule has 4 N–H and O–H groups in total. The van der Waals surface area contributed by atoms with E-state index in [2.05, 4.69) is 0 Å². The molecule has 0 saturated heterocycles. The number of anilines is 1. The van der Waals surface area contributed by atoms with Crippen LogP contribution < -0.4 is 64.8 Å². The molecule has 0 unspecified atom stereocenters. The van der Waals surface area contributed by atoms with Crippen molar-refractivity contribution >= 4 is 37.5 Å².